The van der Waals surface area contributed by atoms with E-state index in [0.29, 0.717) is 0 Å². The smallest absolute Gasteiger partial charge is 0.0702 e. The summed E-state index contributed by atoms with van der Waals surface area (Å²) in [6, 6.07) is 6.10. The number of hydrogen-bond acceptors (Lipinski definition) is 3. The number of nitrogens with zero attached hydrogens (tertiary/aromatic N) is 1. The number of para-hydroxylation sites is 1. The molecule has 16 heavy (non-hydrogen) atoms. The highest BCUT2D eigenvalue weighted by Gasteiger charge is 2.32. The molecule has 3 nitrogen and oxygen atoms in total. The molecule has 0 saturated carbocycles. The van der Waals surface area contributed by atoms with E-state index in [4.69, 9.17) is 0 Å². The lowest BCUT2D eigenvalue weighted by Gasteiger charge is -2.45. The summed E-state index contributed by atoms with van der Waals surface area (Å²) in [4.78, 5) is 2.39. The Morgan fingerprint density at radius 2 is 2.19 bits per heavy atom. The standard InChI is InChI=1S/C13H20N2O/c1-4-15-11-7-5-6-10(8-16)12(11)14-9-13(15,2)3/h5-7,14,16H,4,8-9H2,1-3H3. The van der Waals surface area contributed by atoms with Crippen molar-refractivity contribution in [3.05, 3.63) is 23.8 Å². The number of benzene rings is 1. The van der Waals surface area contributed by atoms with Gasteiger partial charge in [-0.2, -0.15) is 0 Å². The van der Waals surface area contributed by atoms with Crippen molar-refractivity contribution >= 4 is 11.4 Å². The van der Waals surface area contributed by atoms with Crippen LogP contribution in [0.2, 0.25) is 0 Å². The fourth-order valence-corrected chi connectivity index (χ4v) is 2.47. The molecule has 0 fully saturated rings. The molecule has 1 aromatic carbocycles. The van der Waals surface area contributed by atoms with Crippen LogP contribution in [0.1, 0.15) is 26.3 Å². The summed E-state index contributed by atoms with van der Waals surface area (Å²) in [5.74, 6) is 0. The van der Waals surface area contributed by atoms with Crippen LogP contribution in [0, 0.1) is 0 Å². The van der Waals surface area contributed by atoms with Gasteiger partial charge in [-0.15, -0.1) is 0 Å². The molecule has 0 bridgehead atoms. The topological polar surface area (TPSA) is 35.5 Å². The van der Waals surface area contributed by atoms with Gasteiger partial charge < -0.3 is 15.3 Å². The Kier molecular flexibility index (Phi) is 2.80. The summed E-state index contributed by atoms with van der Waals surface area (Å²) in [6.07, 6.45) is 0. The largest absolute Gasteiger partial charge is 0.392 e. The van der Waals surface area contributed by atoms with Crippen LogP contribution in [-0.2, 0) is 6.61 Å². The molecule has 88 valence electrons. The van der Waals surface area contributed by atoms with E-state index in [9.17, 15) is 5.11 Å². The molecule has 0 amide bonds. The zero-order valence-electron chi connectivity index (χ0n) is 10.2. The van der Waals surface area contributed by atoms with Gasteiger partial charge in [-0.3, -0.25) is 0 Å². The molecule has 0 aromatic heterocycles. The Morgan fingerprint density at radius 3 is 2.81 bits per heavy atom. The Labute approximate surface area is 97.1 Å². The molecule has 0 saturated heterocycles. The molecule has 0 radical (unpaired) electrons. The molecule has 2 N–H and O–H groups in total. The summed E-state index contributed by atoms with van der Waals surface area (Å²) >= 11 is 0. The number of anilines is 2. The average Bonchev–Trinajstić information content (AvgIpc) is 2.27. The van der Waals surface area contributed by atoms with Crippen molar-refractivity contribution in [2.24, 2.45) is 0 Å². The molecule has 1 heterocycles. The van der Waals surface area contributed by atoms with Crippen molar-refractivity contribution in [3.8, 4) is 0 Å². The van der Waals surface area contributed by atoms with E-state index in [1.165, 1.54) is 5.69 Å². The number of nitrogens with one attached hydrogen (secondary N) is 1. The lowest BCUT2D eigenvalue weighted by molar-refractivity contribution is 0.282. The van der Waals surface area contributed by atoms with E-state index in [1.54, 1.807) is 0 Å². The normalized spacial score (nSPS) is 17.9. The minimum Gasteiger partial charge on any atom is -0.392 e. The van der Waals surface area contributed by atoms with Crippen LogP contribution in [0.3, 0.4) is 0 Å². The summed E-state index contributed by atoms with van der Waals surface area (Å²) < 4.78 is 0. The van der Waals surface area contributed by atoms with Gasteiger partial charge in [0.05, 0.1) is 23.5 Å². The van der Waals surface area contributed by atoms with Crippen LogP contribution < -0.4 is 10.2 Å². The predicted molar refractivity (Wildman–Crippen MR) is 68.0 cm³/mol. The van der Waals surface area contributed by atoms with E-state index >= 15 is 0 Å². The fourth-order valence-electron chi connectivity index (χ4n) is 2.47. The quantitative estimate of drug-likeness (QED) is 0.802. The third kappa shape index (κ3) is 1.65. The van der Waals surface area contributed by atoms with Crippen LogP contribution in [0.15, 0.2) is 18.2 Å². The summed E-state index contributed by atoms with van der Waals surface area (Å²) in [5.41, 5.74) is 3.39. The Balaban J connectivity index is 2.50. The van der Waals surface area contributed by atoms with Crippen molar-refractivity contribution in [3.63, 3.8) is 0 Å². The summed E-state index contributed by atoms with van der Waals surface area (Å²) in [5, 5.41) is 12.8. The second-order valence-corrected chi connectivity index (χ2v) is 4.88. The Morgan fingerprint density at radius 1 is 1.44 bits per heavy atom. The molecule has 2 rings (SSSR count). The van der Waals surface area contributed by atoms with Crippen molar-refractivity contribution in [1.29, 1.82) is 0 Å². The predicted octanol–water partition coefficient (Wildman–Crippen LogP) is 2.21. The van der Waals surface area contributed by atoms with E-state index in [1.807, 2.05) is 12.1 Å². The molecule has 0 atom stereocenters. The van der Waals surface area contributed by atoms with Gasteiger partial charge >= 0.3 is 0 Å². The number of likely N-dealkylation sites (N-methyl/N-ethyl adjacent to an activating group) is 1. The molecule has 1 aliphatic heterocycles. The molecule has 3 heteroatoms. The van der Waals surface area contributed by atoms with Crippen molar-refractivity contribution < 1.29 is 5.11 Å². The maximum atomic E-state index is 9.32. The molecular weight excluding hydrogens is 200 g/mol. The van der Waals surface area contributed by atoms with Crippen molar-refractivity contribution in [2.45, 2.75) is 32.9 Å². The first-order valence-corrected chi connectivity index (χ1v) is 5.84. The molecular formula is C13H20N2O. The number of aliphatic hydroxyl groups is 1. The average molecular weight is 220 g/mol. The Hall–Kier alpha value is -1.22. The van der Waals surface area contributed by atoms with Crippen molar-refractivity contribution in [1.82, 2.24) is 0 Å². The van der Waals surface area contributed by atoms with E-state index in [0.717, 1.165) is 24.3 Å². The van der Waals surface area contributed by atoms with Gasteiger partial charge in [-0.05, 0) is 26.8 Å². The molecule has 1 aromatic rings. The van der Waals surface area contributed by atoms with Crippen LogP contribution in [0.25, 0.3) is 0 Å². The maximum Gasteiger partial charge on any atom is 0.0702 e. The van der Waals surface area contributed by atoms with Gasteiger partial charge in [0.1, 0.15) is 0 Å². The zero-order valence-corrected chi connectivity index (χ0v) is 10.2. The molecule has 1 aliphatic rings. The number of hydrogen-bond donors (Lipinski definition) is 2. The second-order valence-electron chi connectivity index (χ2n) is 4.88. The first-order valence-electron chi connectivity index (χ1n) is 5.84. The first-order chi connectivity index (χ1) is 7.60. The van der Waals surface area contributed by atoms with Gasteiger partial charge in [-0.1, -0.05) is 12.1 Å². The Bertz CT molecular complexity index is 388. The lowest BCUT2D eigenvalue weighted by atomic mass is 9.96. The lowest BCUT2D eigenvalue weighted by Crippen LogP contribution is -2.52. The third-order valence-electron chi connectivity index (χ3n) is 3.33. The van der Waals surface area contributed by atoms with Crippen LogP contribution in [0.4, 0.5) is 11.4 Å². The highest BCUT2D eigenvalue weighted by molar-refractivity contribution is 5.76. The number of rotatable bonds is 2. The zero-order chi connectivity index (χ0) is 11.8. The fraction of sp³-hybridized carbons (Fsp3) is 0.538. The minimum absolute atomic E-state index is 0.0914. The number of fused-ring (bicyclic) bond motifs is 1. The minimum atomic E-state index is 0.0914. The van der Waals surface area contributed by atoms with Gasteiger partial charge in [0.2, 0.25) is 0 Å². The van der Waals surface area contributed by atoms with E-state index in [-0.39, 0.29) is 12.1 Å². The van der Waals surface area contributed by atoms with Gasteiger partial charge in [-0.25, -0.2) is 0 Å². The summed E-state index contributed by atoms with van der Waals surface area (Å²) in [6.45, 7) is 8.62. The highest BCUT2D eigenvalue weighted by atomic mass is 16.3. The van der Waals surface area contributed by atoms with Crippen molar-refractivity contribution in [2.75, 3.05) is 23.3 Å². The van der Waals surface area contributed by atoms with Gasteiger partial charge in [0, 0.05) is 18.7 Å². The monoisotopic (exact) mass is 220 g/mol. The molecule has 0 spiro atoms. The first kappa shape index (κ1) is 11.3. The summed E-state index contributed by atoms with van der Waals surface area (Å²) in [7, 11) is 0. The van der Waals surface area contributed by atoms with Gasteiger partial charge in [0.25, 0.3) is 0 Å². The number of aliphatic hydroxyl groups excluding tert-OH is 1. The SMILES string of the molecule is CCN1c2cccc(CO)c2NCC1(C)C. The third-order valence-corrected chi connectivity index (χ3v) is 3.33. The van der Waals surface area contributed by atoms with Gasteiger partial charge in [0.15, 0.2) is 0 Å². The van der Waals surface area contributed by atoms with Crippen LogP contribution in [0.5, 0.6) is 0 Å². The second kappa shape index (κ2) is 3.98. The maximum absolute atomic E-state index is 9.32. The van der Waals surface area contributed by atoms with E-state index in [2.05, 4.69) is 37.1 Å². The van der Waals surface area contributed by atoms with Crippen LogP contribution in [-0.4, -0.2) is 23.7 Å². The van der Waals surface area contributed by atoms with E-state index < -0.39 is 0 Å². The highest BCUT2D eigenvalue weighted by Crippen LogP contribution is 2.37. The molecule has 0 unspecified atom stereocenters. The molecule has 0 aliphatic carbocycles. The van der Waals surface area contributed by atoms with Crippen LogP contribution >= 0.6 is 0 Å².